The van der Waals surface area contributed by atoms with Crippen LogP contribution in [0.1, 0.15) is 43.2 Å². The Kier molecular flexibility index (Phi) is 8.07. The lowest BCUT2D eigenvalue weighted by atomic mass is 10.0. The minimum Gasteiger partial charge on any atom is -0.496 e. The molecule has 1 saturated carbocycles. The van der Waals surface area contributed by atoms with Crippen molar-refractivity contribution >= 4 is 21.8 Å². The van der Waals surface area contributed by atoms with E-state index in [-0.39, 0.29) is 28.8 Å². The fourth-order valence-electron chi connectivity index (χ4n) is 4.28. The molecule has 8 nitrogen and oxygen atoms in total. The predicted molar refractivity (Wildman–Crippen MR) is 133 cm³/mol. The zero-order chi connectivity index (χ0) is 24.8. The molecule has 9 heteroatoms. The van der Waals surface area contributed by atoms with Crippen molar-refractivity contribution in [2.24, 2.45) is 0 Å². The summed E-state index contributed by atoms with van der Waals surface area (Å²) >= 11 is 0. The highest BCUT2D eigenvalue weighted by atomic mass is 32.2. The van der Waals surface area contributed by atoms with E-state index in [1.807, 2.05) is 29.2 Å². The lowest BCUT2D eigenvalue weighted by molar-refractivity contribution is -0.131. The van der Waals surface area contributed by atoms with Crippen molar-refractivity contribution in [3.8, 4) is 5.75 Å². The molecule has 2 N–H and O–H groups in total. The Labute approximate surface area is 207 Å². The molecule has 2 aliphatic rings. The van der Waals surface area contributed by atoms with Crippen molar-refractivity contribution in [3.63, 3.8) is 0 Å². The van der Waals surface area contributed by atoms with Gasteiger partial charge in [0, 0.05) is 37.2 Å². The number of rotatable bonds is 10. The van der Waals surface area contributed by atoms with E-state index in [0.717, 1.165) is 36.8 Å². The molecule has 1 aliphatic carbocycles. The van der Waals surface area contributed by atoms with Gasteiger partial charge < -0.3 is 15.0 Å². The van der Waals surface area contributed by atoms with E-state index >= 15 is 0 Å². The normalized spacial score (nSPS) is 16.7. The van der Waals surface area contributed by atoms with Crippen LogP contribution in [0.15, 0.2) is 53.4 Å². The first kappa shape index (κ1) is 25.2. The lowest BCUT2D eigenvalue weighted by Gasteiger charge is -2.32. The van der Waals surface area contributed by atoms with E-state index in [9.17, 15) is 18.0 Å². The first-order valence-electron chi connectivity index (χ1n) is 12.1. The maximum atomic E-state index is 12.7. The molecule has 2 amide bonds. The fraction of sp³-hybridized carbons (Fsp3) is 0.462. The van der Waals surface area contributed by atoms with E-state index < -0.39 is 10.0 Å². The van der Waals surface area contributed by atoms with Crippen LogP contribution in [0, 0.1) is 0 Å². The van der Waals surface area contributed by atoms with Crippen molar-refractivity contribution in [1.82, 2.24) is 14.9 Å². The van der Waals surface area contributed by atoms with Crippen molar-refractivity contribution in [2.45, 2.75) is 61.9 Å². The molecular formula is C26H33N3O5S. The molecule has 0 spiro atoms. The number of piperidine rings is 1. The monoisotopic (exact) mass is 499 g/mol. The Morgan fingerprint density at radius 2 is 1.66 bits per heavy atom. The second kappa shape index (κ2) is 11.2. The molecule has 0 bridgehead atoms. The highest BCUT2D eigenvalue weighted by Crippen LogP contribution is 2.23. The van der Waals surface area contributed by atoms with Gasteiger partial charge >= 0.3 is 0 Å². The average Bonchev–Trinajstić information content (AvgIpc) is 3.67. The third-order valence-corrected chi connectivity index (χ3v) is 8.06. The fourth-order valence-corrected chi connectivity index (χ4v) is 5.58. The third-order valence-electron chi connectivity index (χ3n) is 6.52. The molecule has 1 aliphatic heterocycles. The van der Waals surface area contributed by atoms with Crippen LogP contribution in [0.2, 0.25) is 0 Å². The molecule has 1 heterocycles. The van der Waals surface area contributed by atoms with Crippen LogP contribution < -0.4 is 14.8 Å². The summed E-state index contributed by atoms with van der Waals surface area (Å²) in [5, 5.41) is 3.08. The van der Waals surface area contributed by atoms with Crippen LogP contribution in [0.4, 0.5) is 0 Å². The number of methoxy groups -OCH3 is 1. The van der Waals surface area contributed by atoms with Crippen molar-refractivity contribution in [2.75, 3.05) is 20.2 Å². The summed E-state index contributed by atoms with van der Waals surface area (Å²) in [6, 6.07) is 14.4. The number of likely N-dealkylation sites (tertiary alicyclic amines) is 1. The van der Waals surface area contributed by atoms with Gasteiger partial charge in [0.2, 0.25) is 21.8 Å². The van der Waals surface area contributed by atoms with Gasteiger partial charge in [-0.05, 0) is 55.9 Å². The molecule has 0 radical (unpaired) electrons. The molecule has 188 valence electrons. The van der Waals surface area contributed by atoms with E-state index in [0.29, 0.717) is 38.1 Å². The van der Waals surface area contributed by atoms with Gasteiger partial charge in [-0.3, -0.25) is 9.59 Å². The summed E-state index contributed by atoms with van der Waals surface area (Å²) in [7, 11) is -1.86. The summed E-state index contributed by atoms with van der Waals surface area (Å²) in [6.07, 6.45) is 4.42. The largest absolute Gasteiger partial charge is 0.496 e. The van der Waals surface area contributed by atoms with Crippen molar-refractivity contribution in [1.29, 1.82) is 0 Å². The van der Waals surface area contributed by atoms with Crippen molar-refractivity contribution < 1.29 is 22.7 Å². The van der Waals surface area contributed by atoms with E-state index in [2.05, 4.69) is 10.0 Å². The number of hydrogen-bond donors (Lipinski definition) is 2. The number of carbonyl (C=O) groups is 2. The average molecular weight is 500 g/mol. The number of benzene rings is 2. The number of nitrogens with zero attached hydrogens (tertiary/aromatic N) is 1. The second-order valence-electron chi connectivity index (χ2n) is 9.25. The lowest BCUT2D eigenvalue weighted by Crippen LogP contribution is -2.47. The van der Waals surface area contributed by atoms with E-state index in [1.54, 1.807) is 31.4 Å². The Bertz CT molecular complexity index is 1140. The van der Waals surface area contributed by atoms with Gasteiger partial charge in [-0.1, -0.05) is 30.3 Å². The van der Waals surface area contributed by atoms with Crippen LogP contribution in [-0.4, -0.2) is 57.4 Å². The number of sulfonamides is 1. The van der Waals surface area contributed by atoms with E-state index in [4.69, 9.17) is 4.74 Å². The quantitative estimate of drug-likeness (QED) is 0.522. The SMILES string of the molecule is COc1ccccc1CC(=O)N1CCC(NC(=O)CCc2ccc(S(=O)(=O)NC3CC3)cc2)CC1. The standard InChI is InChI=1S/C26H33N3O5S/c1-34-24-5-3-2-4-20(24)18-26(31)29-16-14-21(15-17-29)27-25(30)13-8-19-6-11-23(12-7-19)35(32,33)28-22-9-10-22/h2-7,11-12,21-22,28H,8-10,13-18H2,1H3,(H,27,30). The van der Waals surface area contributed by atoms with Gasteiger partial charge in [-0.15, -0.1) is 0 Å². The topological polar surface area (TPSA) is 105 Å². The van der Waals surface area contributed by atoms with Crippen molar-refractivity contribution in [3.05, 3.63) is 59.7 Å². The highest BCUT2D eigenvalue weighted by Gasteiger charge is 2.28. The third kappa shape index (κ3) is 7.05. The van der Waals surface area contributed by atoms with Gasteiger partial charge in [0.15, 0.2) is 0 Å². The Hall–Kier alpha value is -2.91. The first-order valence-corrected chi connectivity index (χ1v) is 13.6. The molecular weight excluding hydrogens is 466 g/mol. The number of amides is 2. The first-order chi connectivity index (χ1) is 16.8. The maximum absolute atomic E-state index is 12.7. The van der Waals surface area contributed by atoms with Gasteiger partial charge in [-0.2, -0.15) is 0 Å². The maximum Gasteiger partial charge on any atom is 0.240 e. The molecule has 0 aromatic heterocycles. The Morgan fingerprint density at radius 3 is 2.31 bits per heavy atom. The molecule has 1 saturated heterocycles. The van der Waals surface area contributed by atoms with Crippen LogP contribution in [-0.2, 0) is 32.5 Å². The molecule has 0 unspecified atom stereocenters. The van der Waals surface area contributed by atoms with Gasteiger partial charge in [0.1, 0.15) is 5.75 Å². The van der Waals surface area contributed by atoms with Crippen LogP contribution in [0.3, 0.4) is 0 Å². The number of ether oxygens (including phenoxy) is 1. The molecule has 4 rings (SSSR count). The summed E-state index contributed by atoms with van der Waals surface area (Å²) in [5.41, 5.74) is 1.79. The van der Waals surface area contributed by atoms with Crippen LogP contribution in [0.25, 0.3) is 0 Å². The number of hydrogen-bond acceptors (Lipinski definition) is 5. The number of para-hydroxylation sites is 1. The number of aryl methyl sites for hydroxylation is 1. The predicted octanol–water partition coefficient (Wildman–Crippen LogP) is 2.42. The Balaban J connectivity index is 1.18. The molecule has 0 atom stereocenters. The zero-order valence-corrected chi connectivity index (χ0v) is 20.9. The number of nitrogens with one attached hydrogen (secondary N) is 2. The second-order valence-corrected chi connectivity index (χ2v) is 11.0. The summed E-state index contributed by atoms with van der Waals surface area (Å²) in [5.74, 6) is 0.752. The molecule has 2 aromatic rings. The summed E-state index contributed by atoms with van der Waals surface area (Å²) in [6.45, 7) is 1.23. The summed E-state index contributed by atoms with van der Waals surface area (Å²) in [4.78, 5) is 27.3. The van der Waals surface area contributed by atoms with Gasteiger partial charge in [0.25, 0.3) is 0 Å². The number of carbonyl (C=O) groups excluding carboxylic acids is 2. The van der Waals surface area contributed by atoms with Crippen LogP contribution >= 0.6 is 0 Å². The molecule has 35 heavy (non-hydrogen) atoms. The molecule has 2 aromatic carbocycles. The van der Waals surface area contributed by atoms with Gasteiger partial charge in [-0.25, -0.2) is 13.1 Å². The van der Waals surface area contributed by atoms with Crippen LogP contribution in [0.5, 0.6) is 5.75 Å². The molecule has 2 fully saturated rings. The Morgan fingerprint density at radius 1 is 0.971 bits per heavy atom. The summed E-state index contributed by atoms with van der Waals surface area (Å²) < 4.78 is 32.5. The van der Waals surface area contributed by atoms with E-state index in [1.165, 1.54) is 0 Å². The minimum atomic E-state index is -3.46. The highest BCUT2D eigenvalue weighted by molar-refractivity contribution is 7.89. The zero-order valence-electron chi connectivity index (χ0n) is 20.0. The van der Waals surface area contributed by atoms with Gasteiger partial charge in [0.05, 0.1) is 18.4 Å². The smallest absolute Gasteiger partial charge is 0.240 e. The minimum absolute atomic E-state index is 0.0316.